The van der Waals surface area contributed by atoms with E-state index in [0.29, 0.717) is 5.41 Å². The van der Waals surface area contributed by atoms with E-state index in [1.807, 2.05) is 30.2 Å². The first-order valence-electron chi connectivity index (χ1n) is 8.60. The van der Waals surface area contributed by atoms with E-state index in [4.69, 9.17) is 0 Å². The van der Waals surface area contributed by atoms with Crippen LogP contribution in [0.1, 0.15) is 46.0 Å². The number of hydrogen-bond donors (Lipinski definition) is 1. The van der Waals surface area contributed by atoms with E-state index in [1.165, 1.54) is 25.7 Å². The molecule has 2 heterocycles. The molecule has 0 radical (unpaired) electrons. The minimum Gasteiger partial charge on any atom is -0.356 e. The van der Waals surface area contributed by atoms with Gasteiger partial charge in [-0.05, 0) is 37.2 Å². The summed E-state index contributed by atoms with van der Waals surface area (Å²) in [6.45, 7) is 8.84. The fourth-order valence-corrected chi connectivity index (χ4v) is 3.51. The Balaban J connectivity index is 0.00000264. The molecule has 5 nitrogen and oxygen atoms in total. The van der Waals surface area contributed by atoms with Gasteiger partial charge < -0.3 is 10.2 Å². The van der Waals surface area contributed by atoms with Crippen molar-refractivity contribution in [3.8, 4) is 0 Å². The summed E-state index contributed by atoms with van der Waals surface area (Å²) < 4.78 is 1.98. The van der Waals surface area contributed by atoms with Crippen molar-refractivity contribution in [1.29, 1.82) is 0 Å². The number of guanidine groups is 1. The fraction of sp³-hybridized carbons (Fsp3) is 0.765. The Morgan fingerprint density at radius 1 is 1.43 bits per heavy atom. The molecule has 1 aromatic rings. The van der Waals surface area contributed by atoms with Crippen LogP contribution in [-0.4, -0.2) is 47.3 Å². The number of aliphatic imine (C=N–C) groups is 1. The van der Waals surface area contributed by atoms with Crippen molar-refractivity contribution in [2.75, 3.05) is 26.7 Å². The maximum absolute atomic E-state index is 4.48. The molecule has 0 amide bonds. The number of rotatable bonds is 6. The summed E-state index contributed by atoms with van der Waals surface area (Å²) in [7, 11) is 1.89. The lowest BCUT2D eigenvalue weighted by Crippen LogP contribution is -2.50. The minimum absolute atomic E-state index is 0. The maximum atomic E-state index is 4.48. The molecule has 1 aliphatic rings. The van der Waals surface area contributed by atoms with Crippen LogP contribution in [0.3, 0.4) is 0 Å². The molecular weight excluding hydrogens is 401 g/mol. The number of halogens is 1. The van der Waals surface area contributed by atoms with E-state index in [9.17, 15) is 0 Å². The van der Waals surface area contributed by atoms with Crippen molar-refractivity contribution in [3.63, 3.8) is 0 Å². The molecule has 0 bridgehead atoms. The van der Waals surface area contributed by atoms with Crippen LogP contribution >= 0.6 is 24.0 Å². The Morgan fingerprint density at radius 3 is 2.91 bits per heavy atom. The molecule has 0 aromatic carbocycles. The number of likely N-dealkylation sites (tertiary alicyclic amines) is 1. The third-order valence-corrected chi connectivity index (χ3v) is 4.55. The molecule has 1 aliphatic heterocycles. The van der Waals surface area contributed by atoms with Gasteiger partial charge in [0.2, 0.25) is 0 Å². The Hall–Kier alpha value is -0.790. The monoisotopic (exact) mass is 433 g/mol. The van der Waals surface area contributed by atoms with Crippen LogP contribution in [-0.2, 0) is 6.54 Å². The lowest BCUT2D eigenvalue weighted by molar-refractivity contribution is 0.142. The second kappa shape index (κ2) is 10.2. The molecular formula is C17H32IN5. The molecule has 6 heteroatoms. The van der Waals surface area contributed by atoms with Gasteiger partial charge in [0.25, 0.3) is 0 Å². The first kappa shape index (κ1) is 20.3. The number of nitrogens with one attached hydrogen (secondary N) is 1. The minimum atomic E-state index is 0. The van der Waals surface area contributed by atoms with Gasteiger partial charge >= 0.3 is 0 Å². The van der Waals surface area contributed by atoms with Gasteiger partial charge in [-0.2, -0.15) is 5.10 Å². The summed E-state index contributed by atoms with van der Waals surface area (Å²) in [6, 6.07) is 1.97. The predicted octanol–water partition coefficient (Wildman–Crippen LogP) is 3.37. The predicted molar refractivity (Wildman–Crippen MR) is 107 cm³/mol. The van der Waals surface area contributed by atoms with E-state index < -0.39 is 0 Å². The van der Waals surface area contributed by atoms with Crippen molar-refractivity contribution < 1.29 is 0 Å². The van der Waals surface area contributed by atoms with Crippen LogP contribution in [0.4, 0.5) is 0 Å². The van der Waals surface area contributed by atoms with Gasteiger partial charge in [0.15, 0.2) is 5.96 Å². The quantitative estimate of drug-likeness (QED) is 0.324. The molecule has 0 spiro atoms. The van der Waals surface area contributed by atoms with E-state index in [0.717, 1.165) is 38.6 Å². The van der Waals surface area contributed by atoms with E-state index in [-0.39, 0.29) is 24.0 Å². The first-order chi connectivity index (χ1) is 10.7. The van der Waals surface area contributed by atoms with Crippen LogP contribution in [0, 0.1) is 5.41 Å². The zero-order valence-electron chi connectivity index (χ0n) is 14.8. The Morgan fingerprint density at radius 2 is 2.26 bits per heavy atom. The zero-order chi connectivity index (χ0) is 15.8. The fourth-order valence-electron chi connectivity index (χ4n) is 3.51. The largest absolute Gasteiger partial charge is 0.356 e. The summed E-state index contributed by atoms with van der Waals surface area (Å²) in [4.78, 5) is 6.92. The molecule has 2 rings (SSSR count). The van der Waals surface area contributed by atoms with Crippen molar-refractivity contribution in [2.45, 2.75) is 52.5 Å². The van der Waals surface area contributed by atoms with E-state index >= 15 is 0 Å². The molecule has 1 aromatic heterocycles. The van der Waals surface area contributed by atoms with Gasteiger partial charge in [-0.15, -0.1) is 24.0 Å². The number of piperidine rings is 1. The van der Waals surface area contributed by atoms with Crippen molar-refractivity contribution in [3.05, 3.63) is 18.5 Å². The standard InChI is InChI=1S/C17H31N5.HI/c1-4-8-17(2)9-5-12-21(15-17)16(18-3)19-10-6-13-22-14-7-11-20-22;/h7,11,14H,4-6,8-10,12-13,15H2,1-3H3,(H,18,19);1H. The average Bonchev–Trinajstić information content (AvgIpc) is 3.00. The summed E-state index contributed by atoms with van der Waals surface area (Å²) >= 11 is 0. The molecule has 132 valence electrons. The Bertz CT molecular complexity index is 456. The Labute approximate surface area is 157 Å². The summed E-state index contributed by atoms with van der Waals surface area (Å²) in [6.07, 6.45) is 10.1. The van der Waals surface area contributed by atoms with Crippen LogP contribution < -0.4 is 5.32 Å². The topological polar surface area (TPSA) is 45.5 Å². The first-order valence-corrected chi connectivity index (χ1v) is 8.60. The summed E-state index contributed by atoms with van der Waals surface area (Å²) in [5.41, 5.74) is 0.444. The van der Waals surface area contributed by atoms with E-state index in [1.54, 1.807) is 0 Å². The SMILES string of the molecule is CCCC1(C)CCCN(C(=NC)NCCCn2cccn2)C1.I. The van der Waals surface area contributed by atoms with Crippen LogP contribution in [0.5, 0.6) is 0 Å². The lowest BCUT2D eigenvalue weighted by atomic mass is 9.78. The Kier molecular flexibility index (Phi) is 8.94. The molecule has 1 fully saturated rings. The lowest BCUT2D eigenvalue weighted by Gasteiger charge is -2.42. The highest BCUT2D eigenvalue weighted by molar-refractivity contribution is 14.0. The van der Waals surface area contributed by atoms with Gasteiger partial charge in [0.1, 0.15) is 0 Å². The van der Waals surface area contributed by atoms with Crippen molar-refractivity contribution in [1.82, 2.24) is 20.0 Å². The van der Waals surface area contributed by atoms with Crippen molar-refractivity contribution >= 4 is 29.9 Å². The smallest absolute Gasteiger partial charge is 0.193 e. The average molecular weight is 433 g/mol. The second-order valence-corrected chi connectivity index (χ2v) is 6.68. The molecule has 1 atom stereocenters. The normalized spacial score (nSPS) is 21.9. The number of aromatic nitrogens is 2. The maximum Gasteiger partial charge on any atom is 0.193 e. The number of hydrogen-bond acceptors (Lipinski definition) is 2. The molecule has 1 N–H and O–H groups in total. The molecule has 23 heavy (non-hydrogen) atoms. The van der Waals surface area contributed by atoms with Crippen LogP contribution in [0.2, 0.25) is 0 Å². The number of nitrogens with zero attached hydrogens (tertiary/aromatic N) is 4. The molecule has 0 aliphatic carbocycles. The van der Waals surface area contributed by atoms with Gasteiger partial charge in [-0.1, -0.05) is 20.3 Å². The number of aryl methyl sites for hydroxylation is 1. The van der Waals surface area contributed by atoms with Crippen LogP contribution in [0.15, 0.2) is 23.5 Å². The van der Waals surface area contributed by atoms with Gasteiger partial charge in [-0.3, -0.25) is 9.67 Å². The molecule has 0 saturated carbocycles. The molecule has 1 saturated heterocycles. The highest BCUT2D eigenvalue weighted by atomic mass is 127. The third-order valence-electron chi connectivity index (χ3n) is 4.55. The van der Waals surface area contributed by atoms with E-state index in [2.05, 4.69) is 34.2 Å². The second-order valence-electron chi connectivity index (χ2n) is 6.68. The molecule has 1 unspecified atom stereocenters. The highest BCUT2D eigenvalue weighted by Crippen LogP contribution is 2.33. The zero-order valence-corrected chi connectivity index (χ0v) is 17.1. The summed E-state index contributed by atoms with van der Waals surface area (Å²) in [5.74, 6) is 1.06. The van der Waals surface area contributed by atoms with Crippen LogP contribution in [0.25, 0.3) is 0 Å². The van der Waals surface area contributed by atoms with Gasteiger partial charge in [0.05, 0.1) is 0 Å². The highest BCUT2D eigenvalue weighted by Gasteiger charge is 2.31. The summed E-state index contributed by atoms with van der Waals surface area (Å²) in [5, 5.41) is 7.75. The van der Waals surface area contributed by atoms with Gasteiger partial charge in [0, 0.05) is 45.6 Å². The third kappa shape index (κ3) is 6.31. The van der Waals surface area contributed by atoms with Crippen molar-refractivity contribution in [2.24, 2.45) is 10.4 Å². The van der Waals surface area contributed by atoms with Gasteiger partial charge in [-0.25, -0.2) is 0 Å².